The molecule has 3 N–H and O–H groups in total. The molecule has 1 aromatic carbocycles. The zero-order valence-corrected chi connectivity index (χ0v) is 24.2. The summed E-state index contributed by atoms with van der Waals surface area (Å²) in [6.45, 7) is 18.6. The topological polar surface area (TPSA) is 82.3 Å². The number of pyridine rings is 2. The van der Waals surface area contributed by atoms with Gasteiger partial charge in [-0.15, -0.1) is 0 Å². The molecule has 0 bridgehead atoms. The van der Waals surface area contributed by atoms with E-state index >= 15 is 0 Å². The third kappa shape index (κ3) is 6.04. The van der Waals surface area contributed by atoms with Gasteiger partial charge in [0.2, 0.25) is 0 Å². The molecule has 0 fully saturated rings. The first kappa shape index (κ1) is 27.8. The van der Waals surface area contributed by atoms with Crippen molar-refractivity contribution < 1.29 is 4.39 Å². The van der Waals surface area contributed by atoms with E-state index in [1.165, 1.54) is 12.1 Å². The van der Waals surface area contributed by atoms with Crippen molar-refractivity contribution in [2.45, 2.75) is 41.0 Å². The molecule has 208 valence electrons. The standard InChI is InChI=1S/C34H35FN6/c1-8-22(13-25(9-2)38-21(4)16-34(5,6)7)29-15-27-32(19-37-29)40-41-33(27)30-14-26-28(17-36-18-31(26)39-30)23-10-20(3)11-24(35)12-23/h8-15,17-19,38-39H,2,4,16H2,1,3,5-7H3,(H,40,41)/b22-8+,25-13+. The second-order valence-electron chi connectivity index (χ2n) is 11.5. The molecule has 0 saturated carbocycles. The number of halogens is 1. The molecule has 0 unspecified atom stereocenters. The Morgan fingerprint density at radius 2 is 1.85 bits per heavy atom. The van der Waals surface area contributed by atoms with Gasteiger partial charge in [0, 0.05) is 33.9 Å². The molecule has 0 amide bonds. The third-order valence-electron chi connectivity index (χ3n) is 6.80. The summed E-state index contributed by atoms with van der Waals surface area (Å²) in [6.07, 6.45) is 12.0. The smallest absolute Gasteiger partial charge is 0.124 e. The van der Waals surface area contributed by atoms with Gasteiger partial charge in [-0.25, -0.2) is 4.39 Å². The second-order valence-corrected chi connectivity index (χ2v) is 11.5. The van der Waals surface area contributed by atoms with Crippen molar-refractivity contribution in [2.75, 3.05) is 0 Å². The fourth-order valence-electron chi connectivity index (χ4n) is 5.09. The van der Waals surface area contributed by atoms with Crippen LogP contribution in [0.2, 0.25) is 0 Å². The first-order valence-corrected chi connectivity index (χ1v) is 13.6. The lowest BCUT2D eigenvalue weighted by Crippen LogP contribution is -2.16. The number of aryl methyl sites for hydroxylation is 1. The summed E-state index contributed by atoms with van der Waals surface area (Å²) in [6, 6.07) is 9.09. The van der Waals surface area contributed by atoms with Crippen LogP contribution in [0.25, 0.3) is 49.9 Å². The number of nitrogens with one attached hydrogen (secondary N) is 3. The van der Waals surface area contributed by atoms with Crippen molar-refractivity contribution in [2.24, 2.45) is 5.41 Å². The molecule has 0 spiro atoms. The quantitative estimate of drug-likeness (QED) is 0.170. The van der Waals surface area contributed by atoms with Crippen LogP contribution in [0.15, 0.2) is 91.7 Å². The van der Waals surface area contributed by atoms with E-state index in [9.17, 15) is 4.39 Å². The van der Waals surface area contributed by atoms with Gasteiger partial charge in [0.25, 0.3) is 0 Å². The molecule has 6 nitrogen and oxygen atoms in total. The Balaban J connectivity index is 1.52. The number of aromatic nitrogens is 5. The second kappa shape index (κ2) is 11.0. The molecular formula is C34H35FN6. The van der Waals surface area contributed by atoms with Crippen molar-refractivity contribution in [3.05, 3.63) is 109 Å². The summed E-state index contributed by atoms with van der Waals surface area (Å²) in [5.41, 5.74) is 9.41. The van der Waals surface area contributed by atoms with Gasteiger partial charge in [-0.1, -0.05) is 46.1 Å². The van der Waals surface area contributed by atoms with E-state index < -0.39 is 0 Å². The molecule has 4 heterocycles. The SMILES string of the molecule is C=C/C(=C\C(=C/C)c1cc2c(-c3cc4c(-c5cc(C)cc(F)c5)cncc4[nH]3)n[nH]c2cn1)NC(=C)CC(C)(C)C. The zero-order chi connectivity index (χ0) is 29.3. The van der Waals surface area contributed by atoms with E-state index in [-0.39, 0.29) is 11.2 Å². The number of nitrogens with zero attached hydrogens (tertiary/aromatic N) is 3. The van der Waals surface area contributed by atoms with Crippen LogP contribution in [-0.4, -0.2) is 25.1 Å². The Morgan fingerprint density at radius 3 is 2.56 bits per heavy atom. The molecule has 0 aliphatic carbocycles. The molecule has 41 heavy (non-hydrogen) atoms. The highest BCUT2D eigenvalue weighted by Crippen LogP contribution is 2.34. The van der Waals surface area contributed by atoms with Gasteiger partial charge in [0.05, 0.1) is 34.8 Å². The van der Waals surface area contributed by atoms with E-state index in [1.54, 1.807) is 24.7 Å². The molecule has 0 atom stereocenters. The summed E-state index contributed by atoms with van der Waals surface area (Å²) in [4.78, 5) is 12.6. The van der Waals surface area contributed by atoms with Crippen LogP contribution in [0, 0.1) is 18.2 Å². The Kier molecular flexibility index (Phi) is 7.45. The van der Waals surface area contributed by atoms with Crippen LogP contribution >= 0.6 is 0 Å². The largest absolute Gasteiger partial charge is 0.359 e. The van der Waals surface area contributed by atoms with E-state index in [1.807, 2.05) is 44.2 Å². The monoisotopic (exact) mass is 546 g/mol. The summed E-state index contributed by atoms with van der Waals surface area (Å²) in [7, 11) is 0. The third-order valence-corrected chi connectivity index (χ3v) is 6.80. The Bertz CT molecular complexity index is 1820. The molecule has 0 aliphatic heterocycles. The fourth-order valence-corrected chi connectivity index (χ4v) is 5.09. The molecule has 5 aromatic rings. The predicted octanol–water partition coefficient (Wildman–Crippen LogP) is 8.63. The van der Waals surface area contributed by atoms with Crippen LogP contribution < -0.4 is 5.32 Å². The van der Waals surface area contributed by atoms with Gasteiger partial charge in [-0.05, 0) is 78.8 Å². The summed E-state index contributed by atoms with van der Waals surface area (Å²) in [5.74, 6) is -0.270. The highest BCUT2D eigenvalue weighted by molar-refractivity contribution is 6.01. The number of hydrogen-bond donors (Lipinski definition) is 3. The number of fused-ring (bicyclic) bond motifs is 2. The van der Waals surface area contributed by atoms with Crippen molar-refractivity contribution in [3.8, 4) is 22.5 Å². The van der Waals surface area contributed by atoms with Crippen LogP contribution in [0.1, 0.15) is 45.4 Å². The number of hydrogen-bond acceptors (Lipinski definition) is 4. The highest BCUT2D eigenvalue weighted by atomic mass is 19.1. The molecule has 0 radical (unpaired) electrons. The van der Waals surface area contributed by atoms with Crippen molar-refractivity contribution in [3.63, 3.8) is 0 Å². The molecule has 5 rings (SSSR count). The van der Waals surface area contributed by atoms with Crippen LogP contribution in [0.3, 0.4) is 0 Å². The summed E-state index contributed by atoms with van der Waals surface area (Å²) < 4.78 is 14.2. The Morgan fingerprint density at radius 1 is 1.05 bits per heavy atom. The molecular weight excluding hydrogens is 511 g/mol. The maximum atomic E-state index is 14.2. The van der Waals surface area contributed by atoms with Crippen molar-refractivity contribution >= 4 is 27.4 Å². The number of H-pyrrole nitrogens is 2. The van der Waals surface area contributed by atoms with Crippen LogP contribution in [-0.2, 0) is 0 Å². The van der Waals surface area contributed by atoms with Gasteiger partial charge < -0.3 is 10.3 Å². The minimum Gasteiger partial charge on any atom is -0.359 e. The Labute approximate surface area is 239 Å². The number of allylic oxidation sites excluding steroid dienone is 5. The molecule has 0 saturated heterocycles. The maximum Gasteiger partial charge on any atom is 0.124 e. The number of rotatable bonds is 8. The zero-order valence-electron chi connectivity index (χ0n) is 24.2. The molecule has 7 heteroatoms. The van der Waals surface area contributed by atoms with Crippen LogP contribution in [0.4, 0.5) is 4.39 Å². The number of benzene rings is 1. The van der Waals surface area contributed by atoms with Crippen LogP contribution in [0.5, 0.6) is 0 Å². The lowest BCUT2D eigenvalue weighted by atomic mass is 9.91. The lowest BCUT2D eigenvalue weighted by Gasteiger charge is -2.21. The minimum atomic E-state index is -0.270. The van der Waals surface area contributed by atoms with E-state index in [0.29, 0.717) is 0 Å². The van der Waals surface area contributed by atoms with E-state index in [2.05, 4.69) is 59.4 Å². The number of aromatic amines is 2. The normalized spacial score (nSPS) is 12.7. The minimum absolute atomic E-state index is 0.125. The lowest BCUT2D eigenvalue weighted by molar-refractivity contribution is 0.403. The predicted molar refractivity (Wildman–Crippen MR) is 167 cm³/mol. The van der Waals surface area contributed by atoms with Crippen molar-refractivity contribution in [1.82, 2.24) is 30.5 Å². The molecule has 0 aliphatic rings. The van der Waals surface area contributed by atoms with Gasteiger partial charge in [-0.2, -0.15) is 5.10 Å². The summed E-state index contributed by atoms with van der Waals surface area (Å²) in [5, 5.41) is 13.0. The maximum absolute atomic E-state index is 14.2. The van der Waals surface area contributed by atoms with Gasteiger partial charge in [0.15, 0.2) is 0 Å². The average Bonchev–Trinajstić information content (AvgIpc) is 3.53. The first-order valence-electron chi connectivity index (χ1n) is 13.6. The average molecular weight is 547 g/mol. The molecule has 4 aromatic heterocycles. The summed E-state index contributed by atoms with van der Waals surface area (Å²) >= 11 is 0. The Hall–Kier alpha value is -4.78. The first-order chi connectivity index (χ1) is 19.5. The highest BCUT2D eigenvalue weighted by Gasteiger charge is 2.16. The fraction of sp³-hybridized carbons (Fsp3) is 0.206. The van der Waals surface area contributed by atoms with Crippen molar-refractivity contribution in [1.29, 1.82) is 0 Å². The van der Waals surface area contributed by atoms with Gasteiger partial charge in [-0.3, -0.25) is 15.1 Å². The van der Waals surface area contributed by atoms with Gasteiger partial charge in [0.1, 0.15) is 11.5 Å². The van der Waals surface area contributed by atoms with E-state index in [0.717, 1.165) is 79.0 Å². The van der Waals surface area contributed by atoms with E-state index in [4.69, 9.17) is 4.98 Å². The van der Waals surface area contributed by atoms with Gasteiger partial charge >= 0.3 is 0 Å².